The predicted octanol–water partition coefficient (Wildman–Crippen LogP) is 3.34. The van der Waals surface area contributed by atoms with Gasteiger partial charge in [-0.3, -0.25) is 19.3 Å². The van der Waals surface area contributed by atoms with Crippen LogP contribution in [0.3, 0.4) is 0 Å². The number of anilines is 1. The Morgan fingerprint density at radius 3 is 2.25 bits per heavy atom. The van der Waals surface area contributed by atoms with Crippen molar-refractivity contribution >= 4 is 23.4 Å². The molecule has 0 atom stereocenters. The molecule has 5 rings (SSSR count). The van der Waals surface area contributed by atoms with Crippen molar-refractivity contribution in [1.29, 1.82) is 0 Å². The van der Waals surface area contributed by atoms with Crippen LogP contribution in [0, 0.1) is 0 Å². The molecule has 2 aromatic carbocycles. The third kappa shape index (κ3) is 5.52. The Balaban J connectivity index is 1.23. The number of aliphatic hydroxyl groups excluding tert-OH is 1. The molecule has 1 aliphatic heterocycles. The molecule has 210 valence electrons. The van der Waals surface area contributed by atoms with Crippen molar-refractivity contribution in [2.45, 2.75) is 50.9 Å². The van der Waals surface area contributed by atoms with E-state index in [4.69, 9.17) is 5.11 Å². The summed E-state index contributed by atoms with van der Waals surface area (Å²) in [5.74, 6) is -0.335. The average Bonchev–Trinajstić information content (AvgIpc) is 3.36. The minimum absolute atomic E-state index is 0.00312. The van der Waals surface area contributed by atoms with Crippen molar-refractivity contribution in [2.24, 2.45) is 0 Å². The molecule has 0 unspecified atom stereocenters. The number of amides is 3. The molecule has 0 saturated heterocycles. The third-order valence-corrected chi connectivity index (χ3v) is 8.08. The first kappa shape index (κ1) is 27.6. The second-order valence-corrected chi connectivity index (χ2v) is 10.9. The van der Waals surface area contributed by atoms with E-state index in [1.54, 1.807) is 31.1 Å². The van der Waals surface area contributed by atoms with Crippen molar-refractivity contribution in [3.63, 3.8) is 0 Å². The maximum atomic E-state index is 13.2. The highest BCUT2D eigenvalue weighted by molar-refractivity contribution is 5.94. The van der Waals surface area contributed by atoms with Crippen molar-refractivity contribution in [3.05, 3.63) is 88.7 Å². The van der Waals surface area contributed by atoms with E-state index in [1.807, 2.05) is 42.5 Å². The number of carbonyl (C=O) groups is 3. The highest BCUT2D eigenvalue weighted by Crippen LogP contribution is 2.49. The van der Waals surface area contributed by atoms with Gasteiger partial charge in [0.05, 0.1) is 18.6 Å². The second kappa shape index (κ2) is 11.7. The van der Waals surface area contributed by atoms with E-state index in [-0.39, 0.29) is 36.3 Å². The molecular formula is C31H37N5O4. The van der Waals surface area contributed by atoms with Crippen molar-refractivity contribution in [2.75, 3.05) is 32.6 Å². The Labute approximate surface area is 234 Å². The zero-order chi connectivity index (χ0) is 28.3. The van der Waals surface area contributed by atoms with Crippen LogP contribution in [-0.4, -0.2) is 64.4 Å². The van der Waals surface area contributed by atoms with Gasteiger partial charge in [0.15, 0.2) is 0 Å². The first-order valence-corrected chi connectivity index (χ1v) is 13.8. The van der Waals surface area contributed by atoms with Gasteiger partial charge in [-0.1, -0.05) is 24.3 Å². The Bertz CT molecular complexity index is 1370. The first-order valence-electron chi connectivity index (χ1n) is 13.8. The Hall–Kier alpha value is -3.95. The highest BCUT2D eigenvalue weighted by Gasteiger charge is 2.48. The van der Waals surface area contributed by atoms with Crippen LogP contribution in [0.15, 0.2) is 60.7 Å². The van der Waals surface area contributed by atoms with Crippen molar-refractivity contribution in [1.82, 2.24) is 19.7 Å². The fourth-order valence-corrected chi connectivity index (χ4v) is 5.76. The minimum Gasteiger partial charge on any atom is -0.396 e. The lowest BCUT2D eigenvalue weighted by Gasteiger charge is -2.53. The van der Waals surface area contributed by atoms with Crippen LogP contribution in [0.5, 0.6) is 0 Å². The SMILES string of the molecule is CN(C)C(=O)c1ccc(CN2CCn3c(C(=O)NCc4ccc(NC(=O)CCO)cc4)ccc3C23CCC3)cc1. The lowest BCUT2D eigenvalue weighted by atomic mass is 9.71. The van der Waals surface area contributed by atoms with Crippen LogP contribution in [0.2, 0.25) is 0 Å². The molecule has 3 amide bonds. The Kier molecular flexibility index (Phi) is 8.04. The lowest BCUT2D eigenvalue weighted by molar-refractivity contribution is -0.116. The molecule has 3 N–H and O–H groups in total. The molecule has 1 spiro atoms. The summed E-state index contributed by atoms with van der Waals surface area (Å²) in [6.45, 7) is 2.59. The maximum Gasteiger partial charge on any atom is 0.268 e. The van der Waals surface area contributed by atoms with Crippen molar-refractivity contribution < 1.29 is 19.5 Å². The first-order chi connectivity index (χ1) is 19.3. The van der Waals surface area contributed by atoms with Gasteiger partial charge in [0.25, 0.3) is 11.8 Å². The lowest BCUT2D eigenvalue weighted by Crippen LogP contribution is -2.56. The third-order valence-electron chi connectivity index (χ3n) is 8.08. The molecule has 9 nitrogen and oxygen atoms in total. The second-order valence-electron chi connectivity index (χ2n) is 10.9. The molecule has 0 radical (unpaired) electrons. The fourth-order valence-electron chi connectivity index (χ4n) is 5.76. The summed E-state index contributed by atoms with van der Waals surface area (Å²) in [4.78, 5) is 41.2. The molecule has 1 aromatic heterocycles. The van der Waals surface area contributed by atoms with Crippen LogP contribution >= 0.6 is 0 Å². The quantitative estimate of drug-likeness (QED) is 0.384. The number of hydrogen-bond donors (Lipinski definition) is 3. The maximum absolute atomic E-state index is 13.2. The summed E-state index contributed by atoms with van der Waals surface area (Å²) in [6, 6.07) is 19.3. The van der Waals surface area contributed by atoms with Gasteiger partial charge in [-0.2, -0.15) is 0 Å². The molecule has 1 aliphatic carbocycles. The Morgan fingerprint density at radius 1 is 0.925 bits per heavy atom. The summed E-state index contributed by atoms with van der Waals surface area (Å²) in [6.07, 6.45) is 3.35. The monoisotopic (exact) mass is 543 g/mol. The van der Waals surface area contributed by atoms with E-state index >= 15 is 0 Å². The molecule has 2 heterocycles. The number of carbonyl (C=O) groups excluding carboxylic acids is 3. The molecule has 40 heavy (non-hydrogen) atoms. The number of aliphatic hydroxyl groups is 1. The van der Waals surface area contributed by atoms with Gasteiger partial charge in [0, 0.05) is 57.2 Å². The Morgan fingerprint density at radius 2 is 1.62 bits per heavy atom. The largest absolute Gasteiger partial charge is 0.396 e. The average molecular weight is 544 g/mol. The number of fused-ring (bicyclic) bond motifs is 2. The van der Waals surface area contributed by atoms with Gasteiger partial charge in [-0.25, -0.2) is 0 Å². The number of nitrogens with zero attached hydrogens (tertiary/aromatic N) is 3. The molecule has 1 fully saturated rings. The minimum atomic E-state index is -0.237. The summed E-state index contributed by atoms with van der Waals surface area (Å²) in [7, 11) is 3.52. The van der Waals surface area contributed by atoms with E-state index in [2.05, 4.69) is 26.2 Å². The summed E-state index contributed by atoms with van der Waals surface area (Å²) in [5, 5.41) is 14.6. The zero-order valence-corrected chi connectivity index (χ0v) is 23.2. The number of rotatable bonds is 9. The standard InChI is InChI=1S/C31H37N5O4/c1-34(2)30(40)24-8-4-23(5-9-24)21-35-17-18-36-26(12-13-27(36)31(35)15-3-16-31)29(39)32-20-22-6-10-25(11-7-22)33-28(38)14-19-37/h4-13,37H,3,14-21H2,1-2H3,(H,32,39)(H,33,38). The smallest absolute Gasteiger partial charge is 0.268 e. The van der Waals surface area contributed by atoms with Crippen LogP contribution < -0.4 is 10.6 Å². The van der Waals surface area contributed by atoms with Gasteiger partial charge in [-0.05, 0) is 66.8 Å². The van der Waals surface area contributed by atoms with E-state index in [0.29, 0.717) is 23.5 Å². The number of hydrogen-bond acceptors (Lipinski definition) is 5. The predicted molar refractivity (Wildman–Crippen MR) is 153 cm³/mol. The van der Waals surface area contributed by atoms with E-state index in [0.717, 1.165) is 44.5 Å². The van der Waals surface area contributed by atoms with E-state index in [1.165, 1.54) is 11.3 Å². The normalized spacial score (nSPS) is 15.7. The van der Waals surface area contributed by atoms with Gasteiger partial charge in [0.1, 0.15) is 5.69 Å². The highest BCUT2D eigenvalue weighted by atomic mass is 16.3. The zero-order valence-electron chi connectivity index (χ0n) is 23.2. The van der Waals surface area contributed by atoms with Crippen LogP contribution in [0.4, 0.5) is 5.69 Å². The number of benzene rings is 2. The summed E-state index contributed by atoms with van der Waals surface area (Å²) >= 11 is 0. The molecule has 0 bridgehead atoms. The molecule has 1 saturated carbocycles. The fraction of sp³-hybridized carbons (Fsp3) is 0.387. The van der Waals surface area contributed by atoms with Crippen molar-refractivity contribution in [3.8, 4) is 0 Å². The molecule has 2 aliphatic rings. The molecule has 3 aromatic rings. The number of aromatic nitrogens is 1. The summed E-state index contributed by atoms with van der Waals surface area (Å²) < 4.78 is 2.18. The van der Waals surface area contributed by atoms with Crippen LogP contribution in [-0.2, 0) is 30.0 Å². The molecule has 9 heteroatoms. The van der Waals surface area contributed by atoms with Crippen LogP contribution in [0.1, 0.15) is 63.4 Å². The van der Waals surface area contributed by atoms with Gasteiger partial charge < -0.3 is 25.2 Å². The topological polar surface area (TPSA) is 107 Å². The van der Waals surface area contributed by atoms with Crippen LogP contribution in [0.25, 0.3) is 0 Å². The van der Waals surface area contributed by atoms with E-state index in [9.17, 15) is 14.4 Å². The number of nitrogens with one attached hydrogen (secondary N) is 2. The molecular weight excluding hydrogens is 506 g/mol. The van der Waals surface area contributed by atoms with Gasteiger partial charge in [0.2, 0.25) is 5.91 Å². The van der Waals surface area contributed by atoms with Gasteiger partial charge in [-0.15, -0.1) is 0 Å². The van der Waals surface area contributed by atoms with Gasteiger partial charge >= 0.3 is 0 Å². The summed E-state index contributed by atoms with van der Waals surface area (Å²) in [5.41, 5.74) is 5.28. The van der Waals surface area contributed by atoms with E-state index < -0.39 is 0 Å².